The smallest absolute Gasteiger partial charge is 0.101 e. The maximum absolute atomic E-state index is 9.50. The van der Waals surface area contributed by atoms with Gasteiger partial charge in [-0.1, -0.05) is 24.3 Å². The molecule has 2 aromatic carbocycles. The van der Waals surface area contributed by atoms with E-state index in [9.17, 15) is 5.11 Å². The second-order valence-electron chi connectivity index (χ2n) is 4.46. The van der Waals surface area contributed by atoms with E-state index in [1.165, 1.54) is 0 Å². The summed E-state index contributed by atoms with van der Waals surface area (Å²) in [5.41, 5.74) is 3.37. The van der Waals surface area contributed by atoms with Crippen molar-refractivity contribution in [3.05, 3.63) is 59.7 Å². The van der Waals surface area contributed by atoms with Crippen molar-refractivity contribution >= 4 is 11.4 Å². The Bertz CT molecular complexity index is 597. The molecule has 0 aromatic heterocycles. The van der Waals surface area contributed by atoms with Crippen molar-refractivity contribution in [1.29, 1.82) is 5.26 Å². The number of para-hydroxylation sites is 1. The van der Waals surface area contributed by atoms with Crippen LogP contribution in [-0.2, 0) is 0 Å². The number of hydrogen-bond donors (Lipinski definition) is 1. The van der Waals surface area contributed by atoms with Gasteiger partial charge in [-0.15, -0.1) is 0 Å². The summed E-state index contributed by atoms with van der Waals surface area (Å²) in [7, 11) is 1.92. The van der Waals surface area contributed by atoms with Crippen LogP contribution in [0.5, 0.6) is 0 Å². The van der Waals surface area contributed by atoms with Crippen molar-refractivity contribution < 1.29 is 5.11 Å². The van der Waals surface area contributed by atoms with Crippen LogP contribution in [0, 0.1) is 11.3 Å². The first-order valence-electron chi connectivity index (χ1n) is 6.14. The van der Waals surface area contributed by atoms with Gasteiger partial charge in [0, 0.05) is 12.7 Å². The van der Waals surface area contributed by atoms with E-state index in [0.717, 1.165) is 16.9 Å². The summed E-state index contributed by atoms with van der Waals surface area (Å²) < 4.78 is 0. The third-order valence-corrected chi connectivity index (χ3v) is 3.15. The van der Waals surface area contributed by atoms with Crippen molar-refractivity contribution in [3.8, 4) is 6.07 Å². The molecule has 0 unspecified atom stereocenters. The lowest BCUT2D eigenvalue weighted by atomic mass is 10.1. The Kier molecular flexibility index (Phi) is 3.84. The van der Waals surface area contributed by atoms with Gasteiger partial charge in [0.05, 0.1) is 17.4 Å². The van der Waals surface area contributed by atoms with E-state index in [2.05, 4.69) is 6.07 Å². The number of nitriles is 1. The lowest BCUT2D eigenvalue weighted by Gasteiger charge is -2.21. The van der Waals surface area contributed by atoms with E-state index in [4.69, 9.17) is 5.26 Å². The van der Waals surface area contributed by atoms with Gasteiger partial charge in [0.15, 0.2) is 0 Å². The van der Waals surface area contributed by atoms with Gasteiger partial charge in [0.25, 0.3) is 0 Å². The lowest BCUT2D eigenvalue weighted by Crippen LogP contribution is -2.11. The molecule has 0 saturated heterocycles. The fourth-order valence-electron chi connectivity index (χ4n) is 1.98. The van der Waals surface area contributed by atoms with Crippen LogP contribution in [0.15, 0.2) is 48.5 Å². The second-order valence-corrected chi connectivity index (χ2v) is 4.46. The van der Waals surface area contributed by atoms with E-state index in [1.807, 2.05) is 54.4 Å². The Balaban J connectivity index is 2.34. The Morgan fingerprint density at radius 2 is 1.74 bits per heavy atom. The predicted molar refractivity (Wildman–Crippen MR) is 76.3 cm³/mol. The highest BCUT2D eigenvalue weighted by Crippen LogP contribution is 2.27. The van der Waals surface area contributed by atoms with Gasteiger partial charge in [-0.2, -0.15) is 5.26 Å². The molecule has 3 nitrogen and oxygen atoms in total. The molecule has 96 valence electrons. The molecule has 0 fully saturated rings. The number of anilines is 2. The quantitative estimate of drug-likeness (QED) is 0.911. The summed E-state index contributed by atoms with van der Waals surface area (Å²) in [5.74, 6) is 0. The van der Waals surface area contributed by atoms with Crippen molar-refractivity contribution in [2.45, 2.75) is 13.0 Å². The molecule has 0 spiro atoms. The Morgan fingerprint density at radius 1 is 1.11 bits per heavy atom. The van der Waals surface area contributed by atoms with E-state index in [1.54, 1.807) is 13.0 Å². The summed E-state index contributed by atoms with van der Waals surface area (Å²) >= 11 is 0. The van der Waals surface area contributed by atoms with Gasteiger partial charge < -0.3 is 10.0 Å². The van der Waals surface area contributed by atoms with Crippen LogP contribution in [-0.4, -0.2) is 12.2 Å². The molecule has 2 aromatic rings. The molecule has 0 saturated carbocycles. The predicted octanol–water partition coefficient (Wildman–Crippen LogP) is 3.38. The van der Waals surface area contributed by atoms with Crippen LogP contribution < -0.4 is 4.90 Å². The molecule has 0 amide bonds. The molecule has 1 N–H and O–H groups in total. The number of hydrogen-bond acceptors (Lipinski definition) is 3. The average molecular weight is 252 g/mol. The normalized spacial score (nSPS) is 11.7. The molecule has 1 atom stereocenters. The zero-order valence-electron chi connectivity index (χ0n) is 11.0. The average Bonchev–Trinajstić information content (AvgIpc) is 2.46. The Morgan fingerprint density at radius 3 is 2.32 bits per heavy atom. The number of aliphatic hydroxyl groups is 1. The summed E-state index contributed by atoms with van der Waals surface area (Å²) in [4.78, 5) is 1.96. The highest BCUT2D eigenvalue weighted by molar-refractivity contribution is 5.68. The second kappa shape index (κ2) is 5.55. The first kappa shape index (κ1) is 13.1. The Labute approximate surface area is 113 Å². The molecule has 2 rings (SSSR count). The number of benzene rings is 2. The highest BCUT2D eigenvalue weighted by atomic mass is 16.3. The van der Waals surface area contributed by atoms with Gasteiger partial charge in [-0.25, -0.2) is 0 Å². The third kappa shape index (κ3) is 2.75. The standard InChI is InChI=1S/C16H16N2O/c1-12(19)13-7-9-15(10-8-13)18(2)16-6-4-3-5-14(16)11-17/h3-10,12,19H,1-2H3/t12-/m1/s1. The molecule has 0 heterocycles. The topological polar surface area (TPSA) is 47.3 Å². The summed E-state index contributed by atoms with van der Waals surface area (Å²) in [5, 5.41) is 18.6. The van der Waals surface area contributed by atoms with Crippen LogP contribution in [0.25, 0.3) is 0 Å². The first-order valence-corrected chi connectivity index (χ1v) is 6.14. The first-order chi connectivity index (χ1) is 9.13. The minimum absolute atomic E-state index is 0.467. The maximum atomic E-state index is 9.50. The van der Waals surface area contributed by atoms with E-state index < -0.39 is 6.10 Å². The lowest BCUT2D eigenvalue weighted by molar-refractivity contribution is 0.199. The van der Waals surface area contributed by atoms with E-state index >= 15 is 0 Å². The van der Waals surface area contributed by atoms with Crippen LogP contribution in [0.1, 0.15) is 24.2 Å². The van der Waals surface area contributed by atoms with Gasteiger partial charge in [-0.05, 0) is 36.8 Å². The van der Waals surface area contributed by atoms with Crippen LogP contribution in [0.4, 0.5) is 11.4 Å². The molecule has 0 bridgehead atoms. The SMILES string of the molecule is C[C@@H](O)c1ccc(N(C)c2ccccc2C#N)cc1. The molecular weight excluding hydrogens is 236 g/mol. The number of aliphatic hydroxyl groups excluding tert-OH is 1. The number of rotatable bonds is 3. The molecule has 19 heavy (non-hydrogen) atoms. The van der Waals surface area contributed by atoms with Gasteiger partial charge in [-0.3, -0.25) is 0 Å². The molecule has 0 aliphatic carbocycles. The highest BCUT2D eigenvalue weighted by Gasteiger charge is 2.09. The molecule has 0 radical (unpaired) electrons. The van der Waals surface area contributed by atoms with Crippen molar-refractivity contribution in [2.24, 2.45) is 0 Å². The maximum Gasteiger partial charge on any atom is 0.101 e. The van der Waals surface area contributed by atoms with Crippen molar-refractivity contribution in [1.82, 2.24) is 0 Å². The minimum Gasteiger partial charge on any atom is -0.389 e. The largest absolute Gasteiger partial charge is 0.389 e. The monoisotopic (exact) mass is 252 g/mol. The molecule has 0 aliphatic rings. The van der Waals surface area contributed by atoms with Crippen molar-refractivity contribution in [3.63, 3.8) is 0 Å². The zero-order valence-corrected chi connectivity index (χ0v) is 11.0. The number of nitrogens with zero attached hydrogens (tertiary/aromatic N) is 2. The summed E-state index contributed by atoms with van der Waals surface area (Å²) in [6.45, 7) is 1.74. The fourth-order valence-corrected chi connectivity index (χ4v) is 1.98. The van der Waals surface area contributed by atoms with Gasteiger partial charge in [0.1, 0.15) is 6.07 Å². The zero-order chi connectivity index (χ0) is 13.8. The summed E-state index contributed by atoms with van der Waals surface area (Å²) in [6, 6.07) is 17.4. The van der Waals surface area contributed by atoms with E-state index in [-0.39, 0.29) is 0 Å². The Hall–Kier alpha value is -2.31. The molecule has 3 heteroatoms. The fraction of sp³-hybridized carbons (Fsp3) is 0.188. The van der Waals surface area contributed by atoms with Gasteiger partial charge in [0.2, 0.25) is 0 Å². The minimum atomic E-state index is -0.467. The van der Waals surface area contributed by atoms with Crippen LogP contribution in [0.3, 0.4) is 0 Å². The molecular formula is C16H16N2O. The van der Waals surface area contributed by atoms with Crippen LogP contribution in [0.2, 0.25) is 0 Å². The van der Waals surface area contributed by atoms with Crippen molar-refractivity contribution in [2.75, 3.05) is 11.9 Å². The summed E-state index contributed by atoms with van der Waals surface area (Å²) in [6.07, 6.45) is -0.467. The molecule has 0 aliphatic heterocycles. The van der Waals surface area contributed by atoms with E-state index in [0.29, 0.717) is 5.56 Å². The third-order valence-electron chi connectivity index (χ3n) is 3.15. The van der Waals surface area contributed by atoms with Crippen LogP contribution >= 0.6 is 0 Å². The van der Waals surface area contributed by atoms with Gasteiger partial charge >= 0.3 is 0 Å².